The largest absolute Gasteiger partial charge is 0.316 e. The summed E-state index contributed by atoms with van der Waals surface area (Å²) in [5.74, 6) is 0. The number of anilines is 1. The Bertz CT molecular complexity index is 372. The maximum absolute atomic E-state index is 5.81. The molecule has 0 aromatic heterocycles. The molecule has 0 radical (unpaired) electrons. The molecule has 0 aliphatic carbocycles. The molecule has 0 spiro atoms. The van der Waals surface area contributed by atoms with E-state index in [1.807, 2.05) is 30.3 Å². The predicted octanol–water partition coefficient (Wildman–Crippen LogP) is 4.96. The van der Waals surface area contributed by atoms with Crippen LogP contribution in [0.1, 0.15) is 39.5 Å². The summed E-state index contributed by atoms with van der Waals surface area (Å²) in [5.41, 5.74) is 0.957. The summed E-state index contributed by atoms with van der Waals surface area (Å²) < 4.78 is 11.6. The lowest BCUT2D eigenvalue weighted by molar-refractivity contribution is 0.244. The molecule has 5 heteroatoms. The second kappa shape index (κ2) is 9.49. The highest BCUT2D eigenvalue weighted by molar-refractivity contribution is 8.10. The molecular formula is C14H24NO2PS. The first-order chi connectivity index (χ1) is 9.20. The Hall–Kier alpha value is -0.410. The molecule has 0 unspecified atom stereocenters. The van der Waals surface area contributed by atoms with Crippen LogP contribution in [0.25, 0.3) is 0 Å². The summed E-state index contributed by atoms with van der Waals surface area (Å²) >= 11 is 5.57. The Balaban J connectivity index is 2.59. The van der Waals surface area contributed by atoms with Crippen molar-refractivity contribution >= 4 is 24.1 Å². The van der Waals surface area contributed by atoms with Gasteiger partial charge in [0.25, 0.3) is 6.64 Å². The van der Waals surface area contributed by atoms with E-state index in [0.717, 1.165) is 31.4 Å². The van der Waals surface area contributed by atoms with Crippen molar-refractivity contribution in [1.29, 1.82) is 0 Å². The minimum atomic E-state index is -2.42. The lowest BCUT2D eigenvalue weighted by atomic mass is 10.3. The molecule has 0 saturated heterocycles. The zero-order valence-electron chi connectivity index (χ0n) is 11.8. The summed E-state index contributed by atoms with van der Waals surface area (Å²) in [7, 11) is 0. The average Bonchev–Trinajstić information content (AvgIpc) is 2.40. The normalized spacial score (nSPS) is 11.5. The number of unbranched alkanes of at least 4 members (excludes halogenated alkanes) is 2. The van der Waals surface area contributed by atoms with Gasteiger partial charge in [0.05, 0.1) is 13.2 Å². The van der Waals surface area contributed by atoms with Crippen LogP contribution in [-0.2, 0) is 20.9 Å². The minimum Gasteiger partial charge on any atom is -0.316 e. The first-order valence-electron chi connectivity index (χ1n) is 6.92. The van der Waals surface area contributed by atoms with Crippen LogP contribution in [0, 0.1) is 0 Å². The number of rotatable bonds is 10. The Labute approximate surface area is 121 Å². The van der Waals surface area contributed by atoms with Gasteiger partial charge in [-0.25, -0.2) is 0 Å². The molecule has 0 saturated carbocycles. The summed E-state index contributed by atoms with van der Waals surface area (Å²) in [4.78, 5) is 0. The topological polar surface area (TPSA) is 30.5 Å². The summed E-state index contributed by atoms with van der Waals surface area (Å²) in [6, 6.07) is 9.88. The number of hydrogen-bond acceptors (Lipinski definition) is 3. The zero-order valence-corrected chi connectivity index (χ0v) is 13.5. The molecule has 0 amide bonds. The highest BCUT2D eigenvalue weighted by Gasteiger charge is 2.18. The van der Waals surface area contributed by atoms with Crippen molar-refractivity contribution < 1.29 is 9.05 Å². The van der Waals surface area contributed by atoms with Crippen LogP contribution >= 0.6 is 6.64 Å². The van der Waals surface area contributed by atoms with Crippen molar-refractivity contribution in [3.05, 3.63) is 30.3 Å². The fourth-order valence-electron chi connectivity index (χ4n) is 1.43. The molecule has 0 aliphatic heterocycles. The van der Waals surface area contributed by atoms with Gasteiger partial charge < -0.3 is 14.1 Å². The van der Waals surface area contributed by atoms with E-state index in [-0.39, 0.29) is 0 Å². The molecule has 0 bridgehead atoms. The molecule has 0 fully saturated rings. The Morgan fingerprint density at radius 2 is 1.53 bits per heavy atom. The molecule has 0 aliphatic rings. The zero-order chi connectivity index (χ0) is 14.0. The van der Waals surface area contributed by atoms with Gasteiger partial charge in [0.15, 0.2) is 0 Å². The van der Waals surface area contributed by atoms with E-state index in [9.17, 15) is 0 Å². The van der Waals surface area contributed by atoms with Crippen molar-refractivity contribution in [3.8, 4) is 0 Å². The monoisotopic (exact) mass is 301 g/mol. The predicted molar refractivity (Wildman–Crippen MR) is 86.1 cm³/mol. The lowest BCUT2D eigenvalue weighted by Gasteiger charge is -2.23. The standard InChI is InChI=1S/C14H24NO2PS/c1-3-5-12-16-18(19,17-13-6-4-2)15-14-10-8-7-9-11-14/h7-11H,3-6,12-13H2,1-2H3,(H,15,19). The molecular weight excluding hydrogens is 277 g/mol. The summed E-state index contributed by atoms with van der Waals surface area (Å²) in [5, 5.41) is 3.25. The molecule has 0 heterocycles. The van der Waals surface area contributed by atoms with Gasteiger partial charge in [0.1, 0.15) is 0 Å². The highest BCUT2D eigenvalue weighted by atomic mass is 32.5. The Morgan fingerprint density at radius 3 is 2.00 bits per heavy atom. The van der Waals surface area contributed by atoms with Gasteiger partial charge in [-0.2, -0.15) is 0 Å². The Morgan fingerprint density at radius 1 is 1.00 bits per heavy atom. The second-order valence-corrected chi connectivity index (χ2v) is 7.53. The third-order valence-electron chi connectivity index (χ3n) is 2.56. The van der Waals surface area contributed by atoms with Gasteiger partial charge in [-0.1, -0.05) is 44.9 Å². The van der Waals surface area contributed by atoms with Gasteiger partial charge in [-0.3, -0.25) is 0 Å². The van der Waals surface area contributed by atoms with E-state index in [1.54, 1.807) is 0 Å². The maximum atomic E-state index is 5.81. The average molecular weight is 301 g/mol. The smallest absolute Gasteiger partial charge is 0.287 e. The van der Waals surface area contributed by atoms with Crippen molar-refractivity contribution in [2.45, 2.75) is 39.5 Å². The SMILES string of the molecule is CCCCOP(=S)(Nc1ccccc1)OCCCC. The summed E-state index contributed by atoms with van der Waals surface area (Å²) in [6.45, 7) is 3.16. The molecule has 1 rings (SSSR count). The van der Waals surface area contributed by atoms with E-state index < -0.39 is 6.64 Å². The third kappa shape index (κ3) is 7.07. The number of nitrogens with one attached hydrogen (secondary N) is 1. The quantitative estimate of drug-likeness (QED) is 0.489. The number of hydrogen-bond donors (Lipinski definition) is 1. The van der Waals surface area contributed by atoms with Crippen molar-refractivity contribution in [2.75, 3.05) is 18.3 Å². The molecule has 0 atom stereocenters. The first kappa shape index (κ1) is 16.6. The van der Waals surface area contributed by atoms with Crippen molar-refractivity contribution in [1.82, 2.24) is 0 Å². The molecule has 1 N–H and O–H groups in total. The van der Waals surface area contributed by atoms with E-state index in [1.165, 1.54) is 0 Å². The second-order valence-electron chi connectivity index (χ2n) is 4.35. The van der Waals surface area contributed by atoms with Crippen LogP contribution in [0.15, 0.2) is 30.3 Å². The van der Waals surface area contributed by atoms with E-state index in [0.29, 0.717) is 13.2 Å². The van der Waals surface area contributed by atoms with Gasteiger partial charge >= 0.3 is 0 Å². The van der Waals surface area contributed by atoms with E-state index in [2.05, 4.69) is 18.9 Å². The fourth-order valence-corrected chi connectivity index (χ4v) is 3.60. The number of benzene rings is 1. The van der Waals surface area contributed by atoms with Gasteiger partial charge in [-0.05, 0) is 36.8 Å². The molecule has 19 heavy (non-hydrogen) atoms. The van der Waals surface area contributed by atoms with Crippen LogP contribution in [0.3, 0.4) is 0 Å². The van der Waals surface area contributed by atoms with E-state index in [4.69, 9.17) is 20.9 Å². The van der Waals surface area contributed by atoms with Crippen molar-refractivity contribution in [2.24, 2.45) is 0 Å². The first-order valence-corrected chi connectivity index (χ1v) is 9.56. The summed E-state index contributed by atoms with van der Waals surface area (Å²) in [6.07, 6.45) is 4.20. The van der Waals surface area contributed by atoms with Gasteiger partial charge in [-0.15, -0.1) is 0 Å². The minimum absolute atomic E-state index is 0.653. The van der Waals surface area contributed by atoms with Crippen LogP contribution in [0.2, 0.25) is 0 Å². The Kier molecular flexibility index (Phi) is 8.31. The van der Waals surface area contributed by atoms with Gasteiger partial charge in [0, 0.05) is 5.69 Å². The molecule has 3 nitrogen and oxygen atoms in total. The number of para-hydroxylation sites is 1. The van der Waals surface area contributed by atoms with Gasteiger partial charge in [0.2, 0.25) is 0 Å². The van der Waals surface area contributed by atoms with E-state index >= 15 is 0 Å². The van der Waals surface area contributed by atoms with Crippen LogP contribution < -0.4 is 5.09 Å². The third-order valence-corrected chi connectivity index (χ3v) is 5.04. The van der Waals surface area contributed by atoms with Crippen LogP contribution in [-0.4, -0.2) is 13.2 Å². The van der Waals surface area contributed by atoms with Crippen LogP contribution in [0.5, 0.6) is 0 Å². The lowest BCUT2D eigenvalue weighted by Crippen LogP contribution is -2.06. The maximum Gasteiger partial charge on any atom is 0.287 e. The molecule has 108 valence electrons. The fraction of sp³-hybridized carbons (Fsp3) is 0.571. The molecule has 1 aromatic carbocycles. The molecule has 1 aromatic rings. The van der Waals surface area contributed by atoms with Crippen LogP contribution in [0.4, 0.5) is 5.69 Å². The highest BCUT2D eigenvalue weighted by Crippen LogP contribution is 2.48. The van der Waals surface area contributed by atoms with Crippen molar-refractivity contribution in [3.63, 3.8) is 0 Å².